The molecule has 0 unspecified atom stereocenters. The van der Waals surface area contributed by atoms with E-state index in [-0.39, 0.29) is 0 Å². The Morgan fingerprint density at radius 1 is 1.26 bits per heavy atom. The van der Waals surface area contributed by atoms with Crippen LogP contribution in [0, 0.1) is 6.92 Å². The fraction of sp³-hybridized carbons (Fsp3) is 0.571. The molecule has 1 aromatic rings. The molecule has 0 atom stereocenters. The molecule has 0 radical (unpaired) electrons. The summed E-state index contributed by atoms with van der Waals surface area (Å²) >= 11 is 0. The number of nitrogens with one attached hydrogen (secondary N) is 1. The van der Waals surface area contributed by atoms with Gasteiger partial charge in [-0.15, -0.1) is 0 Å². The van der Waals surface area contributed by atoms with E-state index in [1.807, 2.05) is 26.0 Å². The van der Waals surface area contributed by atoms with Gasteiger partial charge in [0.25, 0.3) is 0 Å². The maximum atomic E-state index is 12.5. The van der Waals surface area contributed by atoms with Crippen LogP contribution in [-0.2, 0) is 16.6 Å². The molecule has 0 spiro atoms. The van der Waals surface area contributed by atoms with E-state index < -0.39 is 10.0 Å². The van der Waals surface area contributed by atoms with Crippen molar-refractivity contribution in [3.63, 3.8) is 0 Å². The van der Waals surface area contributed by atoms with Crippen LogP contribution >= 0.6 is 0 Å². The summed E-state index contributed by atoms with van der Waals surface area (Å²) in [5, 5.41) is 3.25. The zero-order chi connectivity index (χ0) is 13.9. The third-order valence-corrected chi connectivity index (χ3v) is 5.48. The fourth-order valence-corrected chi connectivity index (χ4v) is 3.90. The van der Waals surface area contributed by atoms with Gasteiger partial charge in [0.05, 0.1) is 4.90 Å². The number of rotatable bonds is 5. The predicted molar refractivity (Wildman–Crippen MR) is 76.6 cm³/mol. The van der Waals surface area contributed by atoms with Crippen LogP contribution in [-0.4, -0.2) is 32.4 Å². The first-order chi connectivity index (χ1) is 9.05. The van der Waals surface area contributed by atoms with E-state index in [4.69, 9.17) is 0 Å². The predicted octanol–water partition coefficient (Wildman–Crippen LogP) is 1.89. The molecule has 0 aliphatic carbocycles. The Bertz CT molecular complexity index is 534. The summed E-state index contributed by atoms with van der Waals surface area (Å²) in [5.41, 5.74) is 2.18. The molecule has 2 rings (SSSR count). The summed E-state index contributed by atoms with van der Waals surface area (Å²) in [4.78, 5) is 0.424. The summed E-state index contributed by atoms with van der Waals surface area (Å²) in [7, 11) is -3.30. The minimum absolute atomic E-state index is 0.424. The molecule has 0 amide bonds. The summed E-state index contributed by atoms with van der Waals surface area (Å²) in [6.45, 7) is 6.95. The van der Waals surface area contributed by atoms with Crippen molar-refractivity contribution >= 4 is 10.0 Å². The van der Waals surface area contributed by atoms with Crippen LogP contribution in [0.3, 0.4) is 0 Å². The second kappa shape index (κ2) is 6.03. The summed E-state index contributed by atoms with van der Waals surface area (Å²) in [5.74, 6) is 0. The standard InChI is InChI=1S/C14H22N2O2S/c1-3-15-11-13-10-14(7-6-12(13)2)19(17,18)16-8-4-5-9-16/h6-7,10,15H,3-5,8-9,11H2,1-2H3. The van der Waals surface area contributed by atoms with Crippen LogP contribution in [0.5, 0.6) is 0 Å². The van der Waals surface area contributed by atoms with E-state index in [2.05, 4.69) is 5.32 Å². The lowest BCUT2D eigenvalue weighted by Gasteiger charge is -2.17. The van der Waals surface area contributed by atoms with E-state index in [0.717, 1.165) is 30.5 Å². The smallest absolute Gasteiger partial charge is 0.243 e. The Hall–Kier alpha value is -0.910. The van der Waals surface area contributed by atoms with Crippen molar-refractivity contribution in [3.05, 3.63) is 29.3 Å². The Balaban J connectivity index is 2.29. The minimum Gasteiger partial charge on any atom is -0.313 e. The largest absolute Gasteiger partial charge is 0.313 e. The third kappa shape index (κ3) is 3.16. The van der Waals surface area contributed by atoms with Crippen molar-refractivity contribution in [1.82, 2.24) is 9.62 Å². The van der Waals surface area contributed by atoms with Gasteiger partial charge in [-0.25, -0.2) is 8.42 Å². The van der Waals surface area contributed by atoms with Crippen molar-refractivity contribution in [1.29, 1.82) is 0 Å². The Morgan fingerprint density at radius 2 is 1.95 bits per heavy atom. The van der Waals surface area contributed by atoms with Crippen LogP contribution in [0.2, 0.25) is 0 Å². The highest BCUT2D eigenvalue weighted by Crippen LogP contribution is 2.22. The lowest BCUT2D eigenvalue weighted by molar-refractivity contribution is 0.477. The molecule has 0 bridgehead atoms. The van der Waals surface area contributed by atoms with Gasteiger partial charge in [-0.1, -0.05) is 13.0 Å². The van der Waals surface area contributed by atoms with Gasteiger partial charge in [-0.3, -0.25) is 0 Å². The van der Waals surface area contributed by atoms with Gasteiger partial charge in [0, 0.05) is 19.6 Å². The number of hydrogen-bond donors (Lipinski definition) is 1. The molecule has 4 nitrogen and oxygen atoms in total. The summed E-state index contributed by atoms with van der Waals surface area (Å²) < 4.78 is 26.5. The average molecular weight is 282 g/mol. The molecule has 1 fully saturated rings. The van der Waals surface area contributed by atoms with E-state index in [9.17, 15) is 8.42 Å². The lowest BCUT2D eigenvalue weighted by atomic mass is 10.1. The third-order valence-electron chi connectivity index (χ3n) is 3.59. The van der Waals surface area contributed by atoms with Gasteiger partial charge in [-0.2, -0.15) is 4.31 Å². The number of nitrogens with zero attached hydrogens (tertiary/aromatic N) is 1. The molecule has 1 aliphatic heterocycles. The van der Waals surface area contributed by atoms with E-state index in [0.29, 0.717) is 24.5 Å². The van der Waals surface area contributed by atoms with E-state index in [1.54, 1.807) is 10.4 Å². The van der Waals surface area contributed by atoms with Crippen LogP contribution in [0.15, 0.2) is 23.1 Å². The highest BCUT2D eigenvalue weighted by atomic mass is 32.2. The minimum atomic E-state index is -3.30. The zero-order valence-electron chi connectivity index (χ0n) is 11.6. The zero-order valence-corrected chi connectivity index (χ0v) is 12.5. The second-order valence-corrected chi connectivity index (χ2v) is 6.92. The topological polar surface area (TPSA) is 49.4 Å². The SMILES string of the molecule is CCNCc1cc(S(=O)(=O)N2CCCC2)ccc1C. The normalized spacial score (nSPS) is 16.9. The molecule has 19 heavy (non-hydrogen) atoms. The first-order valence-electron chi connectivity index (χ1n) is 6.86. The Labute approximate surface area is 115 Å². The van der Waals surface area contributed by atoms with Crippen LogP contribution in [0.4, 0.5) is 0 Å². The molecule has 1 aromatic carbocycles. The Kier molecular flexibility index (Phi) is 4.60. The molecule has 5 heteroatoms. The molecule has 1 aliphatic rings. The quantitative estimate of drug-likeness (QED) is 0.897. The van der Waals surface area contributed by atoms with Gasteiger partial charge in [0.15, 0.2) is 0 Å². The van der Waals surface area contributed by atoms with Gasteiger partial charge < -0.3 is 5.32 Å². The van der Waals surface area contributed by atoms with Crippen molar-refractivity contribution in [3.8, 4) is 0 Å². The van der Waals surface area contributed by atoms with Crippen molar-refractivity contribution in [2.45, 2.75) is 38.1 Å². The summed E-state index contributed by atoms with van der Waals surface area (Å²) in [6.07, 6.45) is 1.94. The first-order valence-corrected chi connectivity index (χ1v) is 8.30. The Morgan fingerprint density at radius 3 is 2.58 bits per heavy atom. The van der Waals surface area contributed by atoms with Gasteiger partial charge in [0.2, 0.25) is 10.0 Å². The number of benzene rings is 1. The molecule has 1 saturated heterocycles. The van der Waals surface area contributed by atoms with E-state index in [1.165, 1.54) is 0 Å². The summed E-state index contributed by atoms with van der Waals surface area (Å²) in [6, 6.07) is 5.43. The molecular weight excluding hydrogens is 260 g/mol. The molecule has 0 aromatic heterocycles. The number of sulfonamides is 1. The van der Waals surface area contributed by atoms with Gasteiger partial charge in [-0.05, 0) is 49.6 Å². The molecular formula is C14H22N2O2S. The van der Waals surface area contributed by atoms with Crippen molar-refractivity contribution in [2.75, 3.05) is 19.6 Å². The molecule has 1 heterocycles. The highest BCUT2D eigenvalue weighted by Gasteiger charge is 2.27. The van der Waals surface area contributed by atoms with Crippen molar-refractivity contribution in [2.24, 2.45) is 0 Å². The van der Waals surface area contributed by atoms with Gasteiger partial charge in [0.1, 0.15) is 0 Å². The molecule has 1 N–H and O–H groups in total. The highest BCUT2D eigenvalue weighted by molar-refractivity contribution is 7.89. The average Bonchev–Trinajstić information content (AvgIpc) is 2.92. The second-order valence-electron chi connectivity index (χ2n) is 4.98. The van der Waals surface area contributed by atoms with Crippen LogP contribution in [0.1, 0.15) is 30.9 Å². The monoisotopic (exact) mass is 282 g/mol. The maximum Gasteiger partial charge on any atom is 0.243 e. The van der Waals surface area contributed by atoms with Crippen LogP contribution in [0.25, 0.3) is 0 Å². The molecule has 106 valence electrons. The number of aryl methyl sites for hydroxylation is 1. The van der Waals surface area contributed by atoms with Gasteiger partial charge >= 0.3 is 0 Å². The van der Waals surface area contributed by atoms with Crippen molar-refractivity contribution < 1.29 is 8.42 Å². The maximum absolute atomic E-state index is 12.5. The lowest BCUT2D eigenvalue weighted by Crippen LogP contribution is -2.28. The number of hydrogen-bond acceptors (Lipinski definition) is 3. The van der Waals surface area contributed by atoms with E-state index >= 15 is 0 Å². The fourth-order valence-electron chi connectivity index (χ4n) is 2.34. The molecule has 0 saturated carbocycles. The first kappa shape index (κ1) is 14.5. The van der Waals surface area contributed by atoms with Crippen LogP contribution < -0.4 is 5.32 Å².